The fourth-order valence-electron chi connectivity index (χ4n) is 3.23. The summed E-state index contributed by atoms with van der Waals surface area (Å²) in [5.74, 6) is 2.44. The van der Waals surface area contributed by atoms with Crippen LogP contribution in [0.2, 0.25) is 0 Å². The molecule has 3 aromatic carbocycles. The molecule has 1 aliphatic heterocycles. The molecule has 3 heteroatoms. The Morgan fingerprint density at radius 1 is 0.742 bits per heavy atom. The molecule has 152 valence electrons. The van der Waals surface area contributed by atoms with E-state index < -0.39 is 0 Å². The summed E-state index contributed by atoms with van der Waals surface area (Å²) >= 11 is 1.39. The van der Waals surface area contributed by atoms with Gasteiger partial charge in [0.05, 0.1) is 0 Å². The Kier molecular flexibility index (Phi) is 6.92. The molecular formula is C28H22O2W. The molecule has 0 unspecified atom stereocenters. The molecule has 0 N–H and O–H groups in total. The van der Waals surface area contributed by atoms with E-state index in [2.05, 4.69) is 72.8 Å². The van der Waals surface area contributed by atoms with Crippen molar-refractivity contribution in [3.8, 4) is 0 Å². The van der Waals surface area contributed by atoms with E-state index in [9.17, 15) is 0 Å². The van der Waals surface area contributed by atoms with Crippen LogP contribution in [0.25, 0.3) is 11.5 Å². The van der Waals surface area contributed by atoms with Crippen molar-refractivity contribution >= 4 is 15.4 Å². The third-order valence-electron chi connectivity index (χ3n) is 4.81. The number of benzene rings is 3. The van der Waals surface area contributed by atoms with Crippen LogP contribution in [0, 0.1) is 0 Å². The molecule has 0 radical (unpaired) electrons. The fourth-order valence-corrected chi connectivity index (χ4v) is 4.14. The first-order valence-electron chi connectivity index (χ1n) is 10.0. The van der Waals surface area contributed by atoms with E-state index >= 15 is 0 Å². The molecule has 1 heterocycles. The zero-order chi connectivity index (χ0) is 21.5. The summed E-state index contributed by atoms with van der Waals surface area (Å²) in [7, 11) is 1.71. The zero-order valence-corrected chi connectivity index (χ0v) is 20.1. The minimum absolute atomic E-state index is 0.804. The summed E-state index contributed by atoms with van der Waals surface area (Å²) in [6.45, 7) is 0. The number of methoxy groups -OCH3 is 1. The third kappa shape index (κ3) is 5.48. The first kappa shape index (κ1) is 21.0. The van der Waals surface area contributed by atoms with Gasteiger partial charge in [0.15, 0.2) is 0 Å². The summed E-state index contributed by atoms with van der Waals surface area (Å²) in [6, 6.07) is 30.7. The molecule has 0 amide bonds. The third-order valence-corrected chi connectivity index (χ3v) is 6.08. The number of hydrogen-bond acceptors (Lipinski definition) is 2. The Labute approximate surface area is 194 Å². The molecule has 0 saturated carbocycles. The minimum atomic E-state index is 0.804. The molecule has 0 spiro atoms. The number of allylic oxidation sites excluding steroid dienone is 5. The van der Waals surface area contributed by atoms with Gasteiger partial charge in [0.1, 0.15) is 0 Å². The van der Waals surface area contributed by atoms with Crippen molar-refractivity contribution in [1.82, 2.24) is 0 Å². The van der Waals surface area contributed by atoms with Crippen molar-refractivity contribution < 1.29 is 28.8 Å². The predicted octanol–water partition coefficient (Wildman–Crippen LogP) is 6.32. The molecule has 0 saturated heterocycles. The van der Waals surface area contributed by atoms with Crippen LogP contribution in [0.3, 0.4) is 0 Å². The summed E-state index contributed by atoms with van der Waals surface area (Å²) in [5.41, 5.74) is 4.30. The number of ether oxygens (including phenoxy) is 2. The SMILES string of the molecule is CO/C(C=C1C=C(c2ccccc2)OC(c2ccccc2)=C1)=C/[C](=[W])c1ccccc1. The Bertz CT molecular complexity index is 1110. The van der Waals surface area contributed by atoms with Crippen molar-refractivity contribution in [3.63, 3.8) is 0 Å². The van der Waals surface area contributed by atoms with Gasteiger partial charge < -0.3 is 0 Å². The van der Waals surface area contributed by atoms with Crippen molar-refractivity contribution in [3.05, 3.63) is 143 Å². The van der Waals surface area contributed by atoms with Crippen LogP contribution in [-0.2, 0) is 28.8 Å². The molecule has 4 rings (SSSR count). The van der Waals surface area contributed by atoms with Gasteiger partial charge in [0.2, 0.25) is 0 Å². The van der Waals surface area contributed by atoms with Crippen LogP contribution >= 0.6 is 0 Å². The van der Waals surface area contributed by atoms with Gasteiger partial charge in [-0.1, -0.05) is 0 Å². The summed E-state index contributed by atoms with van der Waals surface area (Å²) in [5, 5.41) is 0. The Hall–Kier alpha value is -3.22. The van der Waals surface area contributed by atoms with Crippen LogP contribution < -0.4 is 0 Å². The molecule has 0 fully saturated rings. The van der Waals surface area contributed by atoms with Gasteiger partial charge in [-0.05, 0) is 0 Å². The second kappa shape index (κ2) is 10.2. The molecule has 0 aliphatic carbocycles. The predicted molar refractivity (Wildman–Crippen MR) is 124 cm³/mol. The Balaban J connectivity index is 1.73. The van der Waals surface area contributed by atoms with E-state index in [-0.39, 0.29) is 0 Å². The normalized spacial score (nSPS) is 13.6. The van der Waals surface area contributed by atoms with Gasteiger partial charge in [0, 0.05) is 0 Å². The van der Waals surface area contributed by atoms with E-state index in [1.165, 1.54) is 28.8 Å². The van der Waals surface area contributed by atoms with Crippen LogP contribution in [0.4, 0.5) is 0 Å². The first-order chi connectivity index (χ1) is 15.2. The van der Waals surface area contributed by atoms with Crippen molar-refractivity contribution in [1.29, 1.82) is 0 Å². The van der Waals surface area contributed by atoms with E-state index in [1.54, 1.807) is 7.11 Å². The van der Waals surface area contributed by atoms with Crippen LogP contribution in [-0.4, -0.2) is 11.0 Å². The first-order valence-corrected chi connectivity index (χ1v) is 11.5. The molecule has 1 aliphatic rings. The van der Waals surface area contributed by atoms with E-state index in [1.807, 2.05) is 42.5 Å². The van der Waals surface area contributed by atoms with Gasteiger partial charge in [-0.15, -0.1) is 0 Å². The Morgan fingerprint density at radius 3 is 1.71 bits per heavy atom. The van der Waals surface area contributed by atoms with Crippen molar-refractivity contribution in [2.24, 2.45) is 0 Å². The monoisotopic (exact) mass is 574 g/mol. The van der Waals surface area contributed by atoms with E-state index in [4.69, 9.17) is 9.47 Å². The molecular weight excluding hydrogens is 552 g/mol. The van der Waals surface area contributed by atoms with Crippen LogP contribution in [0.5, 0.6) is 0 Å². The van der Waals surface area contributed by atoms with Crippen LogP contribution in [0.1, 0.15) is 16.7 Å². The van der Waals surface area contributed by atoms with Crippen molar-refractivity contribution in [2.75, 3.05) is 7.11 Å². The van der Waals surface area contributed by atoms with Gasteiger partial charge in [-0.3, -0.25) is 0 Å². The average Bonchev–Trinajstić information content (AvgIpc) is 2.85. The standard InChI is InChI=1S/C28H22O2.W/c1-29-26(18-17-22-11-5-2-6-12-22)19-23-20-27(24-13-7-3-8-14-24)30-28(21-23)25-15-9-4-10-16-25;/h2-16,18-21H,1H3;/b26-18+;. The average molecular weight is 574 g/mol. The maximum absolute atomic E-state index is 6.27. The van der Waals surface area contributed by atoms with Gasteiger partial charge >= 0.3 is 195 Å². The second-order valence-electron chi connectivity index (χ2n) is 6.98. The molecule has 2 nitrogen and oxygen atoms in total. The quantitative estimate of drug-likeness (QED) is 0.321. The fraction of sp³-hybridized carbons (Fsp3) is 0.0357. The van der Waals surface area contributed by atoms with Gasteiger partial charge in [0.25, 0.3) is 0 Å². The van der Waals surface area contributed by atoms with Crippen LogP contribution in [0.15, 0.2) is 127 Å². The summed E-state index contributed by atoms with van der Waals surface area (Å²) < 4.78 is 13.2. The topological polar surface area (TPSA) is 18.5 Å². The summed E-state index contributed by atoms with van der Waals surface area (Å²) in [6.07, 6.45) is 8.26. The maximum atomic E-state index is 6.27. The number of hydrogen-bond donors (Lipinski definition) is 0. The van der Waals surface area contributed by atoms with E-state index in [0.717, 1.165) is 34.0 Å². The summed E-state index contributed by atoms with van der Waals surface area (Å²) in [4.78, 5) is 0. The Morgan fingerprint density at radius 2 is 1.23 bits per heavy atom. The van der Waals surface area contributed by atoms with E-state index in [0.29, 0.717) is 0 Å². The second-order valence-corrected chi connectivity index (χ2v) is 8.56. The number of rotatable bonds is 6. The zero-order valence-electron chi connectivity index (χ0n) is 17.2. The molecule has 0 aromatic heterocycles. The molecule has 3 aromatic rings. The van der Waals surface area contributed by atoms with Gasteiger partial charge in [-0.25, -0.2) is 0 Å². The molecule has 31 heavy (non-hydrogen) atoms. The van der Waals surface area contributed by atoms with Crippen molar-refractivity contribution in [2.45, 2.75) is 0 Å². The van der Waals surface area contributed by atoms with Gasteiger partial charge in [-0.2, -0.15) is 0 Å². The molecule has 0 atom stereocenters. The molecule has 0 bridgehead atoms.